The summed E-state index contributed by atoms with van der Waals surface area (Å²) in [5, 5.41) is 9.87. The van der Waals surface area contributed by atoms with E-state index in [1.54, 1.807) is 18.2 Å². The fraction of sp³-hybridized carbons (Fsp3) is 0.607. The fourth-order valence-corrected chi connectivity index (χ4v) is 5.88. The molecule has 192 valence electrons. The SMILES string of the molecule is CCC1CCC(Oc2ccc3ccc(C(C)N4CCC[C@H](CC(=O)O)C4)cc3c2C(F)(F)F)CC1. The summed E-state index contributed by atoms with van der Waals surface area (Å²) < 4.78 is 49.1. The topological polar surface area (TPSA) is 49.8 Å². The van der Waals surface area contributed by atoms with Crippen molar-refractivity contribution in [1.29, 1.82) is 0 Å². The molecule has 35 heavy (non-hydrogen) atoms. The molecule has 1 aliphatic carbocycles. The smallest absolute Gasteiger partial charge is 0.420 e. The number of hydrogen-bond acceptors (Lipinski definition) is 3. The third kappa shape index (κ3) is 6.11. The minimum Gasteiger partial charge on any atom is -0.490 e. The van der Waals surface area contributed by atoms with Crippen LogP contribution in [0, 0.1) is 11.8 Å². The minimum atomic E-state index is -4.53. The average Bonchev–Trinajstić information content (AvgIpc) is 2.82. The van der Waals surface area contributed by atoms with Gasteiger partial charge in [-0.3, -0.25) is 9.69 Å². The van der Waals surface area contributed by atoms with E-state index in [2.05, 4.69) is 11.8 Å². The van der Waals surface area contributed by atoms with Crippen LogP contribution in [0.2, 0.25) is 0 Å². The molecule has 7 heteroatoms. The summed E-state index contributed by atoms with van der Waals surface area (Å²) in [6.07, 6.45) is 1.84. The maximum atomic E-state index is 14.4. The van der Waals surface area contributed by atoms with E-state index in [1.165, 1.54) is 6.07 Å². The summed E-state index contributed by atoms with van der Waals surface area (Å²) in [7, 11) is 0. The second-order valence-corrected chi connectivity index (χ2v) is 10.4. The van der Waals surface area contributed by atoms with Gasteiger partial charge < -0.3 is 9.84 Å². The second kappa shape index (κ2) is 10.8. The fourth-order valence-electron chi connectivity index (χ4n) is 5.88. The number of carboxylic acid groups (broad SMARTS) is 1. The molecule has 0 radical (unpaired) electrons. The van der Waals surface area contributed by atoms with E-state index in [0.29, 0.717) is 17.8 Å². The lowest BCUT2D eigenvalue weighted by molar-refractivity contribution is -0.139. The lowest BCUT2D eigenvalue weighted by Crippen LogP contribution is -2.38. The van der Waals surface area contributed by atoms with E-state index in [0.717, 1.165) is 57.1 Å². The first-order valence-electron chi connectivity index (χ1n) is 12.9. The summed E-state index contributed by atoms with van der Waals surface area (Å²) in [4.78, 5) is 13.4. The summed E-state index contributed by atoms with van der Waals surface area (Å²) in [6, 6.07) is 8.39. The number of likely N-dealkylation sites (tertiary alicyclic amines) is 1. The number of carboxylic acids is 1. The van der Waals surface area contributed by atoms with Gasteiger partial charge in [-0.25, -0.2) is 0 Å². The van der Waals surface area contributed by atoms with Crippen LogP contribution < -0.4 is 4.74 Å². The molecule has 2 aromatic rings. The van der Waals surface area contributed by atoms with Crippen molar-refractivity contribution in [3.63, 3.8) is 0 Å². The van der Waals surface area contributed by atoms with Crippen molar-refractivity contribution < 1.29 is 27.8 Å². The molecule has 2 atom stereocenters. The number of rotatable bonds is 7. The number of aliphatic carboxylic acids is 1. The number of halogens is 3. The van der Waals surface area contributed by atoms with Gasteiger partial charge in [0.1, 0.15) is 11.3 Å². The van der Waals surface area contributed by atoms with Crippen molar-refractivity contribution >= 4 is 16.7 Å². The van der Waals surface area contributed by atoms with Crippen molar-refractivity contribution in [1.82, 2.24) is 4.90 Å². The molecule has 0 bridgehead atoms. The van der Waals surface area contributed by atoms with E-state index in [9.17, 15) is 18.0 Å². The number of alkyl halides is 3. The first kappa shape index (κ1) is 25.8. The lowest BCUT2D eigenvalue weighted by atomic mass is 9.86. The molecule has 0 aromatic heterocycles. The highest BCUT2D eigenvalue weighted by Gasteiger charge is 2.38. The molecule has 1 heterocycles. The van der Waals surface area contributed by atoms with Crippen LogP contribution >= 0.6 is 0 Å². The zero-order valence-electron chi connectivity index (χ0n) is 20.6. The maximum absolute atomic E-state index is 14.4. The molecule has 1 unspecified atom stereocenters. The Kier molecular flexibility index (Phi) is 7.94. The summed E-state index contributed by atoms with van der Waals surface area (Å²) >= 11 is 0. The molecule has 4 nitrogen and oxygen atoms in total. The van der Waals surface area contributed by atoms with E-state index in [4.69, 9.17) is 9.84 Å². The predicted molar refractivity (Wildman–Crippen MR) is 131 cm³/mol. The Morgan fingerprint density at radius 2 is 1.83 bits per heavy atom. The number of hydrogen-bond donors (Lipinski definition) is 1. The quantitative estimate of drug-likeness (QED) is 0.437. The average molecular weight is 492 g/mol. The number of nitrogens with zero attached hydrogens (tertiary/aromatic N) is 1. The van der Waals surface area contributed by atoms with Crippen LogP contribution in [-0.2, 0) is 11.0 Å². The summed E-state index contributed by atoms with van der Waals surface area (Å²) in [5.74, 6) is -0.171. The highest BCUT2D eigenvalue weighted by molar-refractivity contribution is 5.89. The molecule has 0 spiro atoms. The highest BCUT2D eigenvalue weighted by atomic mass is 19.4. The highest BCUT2D eigenvalue weighted by Crippen LogP contribution is 2.43. The van der Waals surface area contributed by atoms with Crippen LogP contribution in [0.4, 0.5) is 13.2 Å². The van der Waals surface area contributed by atoms with Gasteiger partial charge >= 0.3 is 12.1 Å². The van der Waals surface area contributed by atoms with Crippen LogP contribution in [-0.4, -0.2) is 35.2 Å². The number of ether oxygens (including phenoxy) is 1. The van der Waals surface area contributed by atoms with Crippen LogP contribution in [0.1, 0.15) is 82.4 Å². The van der Waals surface area contributed by atoms with Gasteiger partial charge in [-0.1, -0.05) is 31.5 Å². The van der Waals surface area contributed by atoms with Gasteiger partial charge in [-0.05, 0) is 92.3 Å². The Balaban J connectivity index is 1.62. The van der Waals surface area contributed by atoms with Crippen molar-refractivity contribution in [2.24, 2.45) is 11.8 Å². The molecular weight excluding hydrogens is 455 g/mol. The van der Waals surface area contributed by atoms with Gasteiger partial charge in [0.25, 0.3) is 0 Å². The number of fused-ring (bicyclic) bond motifs is 1. The third-order valence-electron chi connectivity index (χ3n) is 8.00. The Morgan fingerprint density at radius 3 is 2.49 bits per heavy atom. The van der Waals surface area contributed by atoms with Crippen molar-refractivity contribution in [3.8, 4) is 5.75 Å². The summed E-state index contributed by atoms with van der Waals surface area (Å²) in [5.41, 5.74) is 0.114. The van der Waals surface area contributed by atoms with Crippen molar-refractivity contribution in [2.45, 2.75) is 83.5 Å². The van der Waals surface area contributed by atoms with Crippen molar-refractivity contribution in [2.75, 3.05) is 13.1 Å². The molecule has 1 saturated heterocycles. The number of carbonyl (C=O) groups is 1. The Hall–Kier alpha value is -2.28. The molecule has 2 aliphatic rings. The standard InChI is InChI=1S/C28H36F3NO3/c1-3-19-6-11-23(12-7-19)35-25-13-10-21-8-9-22(16-24(21)27(25)28(29,30)31)18(2)32-14-4-5-20(17-32)15-26(33)34/h8-10,13,16,18-20,23H,3-7,11-12,14-15,17H2,1-2H3,(H,33,34)/t18?,19?,20-,23?/m1/s1. The monoisotopic (exact) mass is 491 g/mol. The van der Waals surface area contributed by atoms with E-state index in [-0.39, 0.29) is 35.6 Å². The molecule has 2 fully saturated rings. The molecule has 2 aromatic carbocycles. The third-order valence-corrected chi connectivity index (χ3v) is 8.00. The van der Waals surface area contributed by atoms with Crippen LogP contribution in [0.25, 0.3) is 10.8 Å². The Labute approximate surface area is 205 Å². The minimum absolute atomic E-state index is 0.0673. The van der Waals surface area contributed by atoms with Gasteiger partial charge in [0, 0.05) is 19.0 Å². The van der Waals surface area contributed by atoms with E-state index < -0.39 is 17.7 Å². The lowest BCUT2D eigenvalue weighted by Gasteiger charge is -2.36. The largest absolute Gasteiger partial charge is 0.490 e. The number of benzene rings is 2. The number of piperidine rings is 1. The van der Waals surface area contributed by atoms with Gasteiger partial charge in [0.15, 0.2) is 0 Å². The molecular formula is C28H36F3NO3. The normalized spacial score (nSPS) is 24.9. The van der Waals surface area contributed by atoms with Gasteiger partial charge in [-0.2, -0.15) is 13.2 Å². The first-order chi connectivity index (χ1) is 16.7. The van der Waals surface area contributed by atoms with E-state index in [1.807, 2.05) is 13.0 Å². The van der Waals surface area contributed by atoms with Crippen LogP contribution in [0.3, 0.4) is 0 Å². The van der Waals surface area contributed by atoms with Gasteiger partial charge in [-0.15, -0.1) is 0 Å². The predicted octanol–water partition coefficient (Wildman–Crippen LogP) is 7.45. The zero-order chi connectivity index (χ0) is 25.2. The molecule has 0 amide bonds. The van der Waals surface area contributed by atoms with Crippen LogP contribution in [0.5, 0.6) is 5.75 Å². The first-order valence-corrected chi connectivity index (χ1v) is 12.9. The second-order valence-electron chi connectivity index (χ2n) is 10.4. The molecule has 1 N–H and O–H groups in total. The Bertz CT molecular complexity index is 1030. The molecule has 1 saturated carbocycles. The van der Waals surface area contributed by atoms with E-state index >= 15 is 0 Å². The van der Waals surface area contributed by atoms with Crippen molar-refractivity contribution in [3.05, 3.63) is 41.5 Å². The van der Waals surface area contributed by atoms with Gasteiger partial charge in [0.2, 0.25) is 0 Å². The molecule has 1 aliphatic heterocycles. The molecule has 4 rings (SSSR count). The zero-order valence-corrected chi connectivity index (χ0v) is 20.6. The maximum Gasteiger partial charge on any atom is 0.420 e. The van der Waals surface area contributed by atoms with Crippen LogP contribution in [0.15, 0.2) is 30.3 Å². The Morgan fingerprint density at radius 1 is 1.11 bits per heavy atom. The summed E-state index contributed by atoms with van der Waals surface area (Å²) in [6.45, 7) is 5.60. The van der Waals surface area contributed by atoms with Gasteiger partial charge in [0.05, 0.1) is 6.10 Å².